The van der Waals surface area contributed by atoms with Gasteiger partial charge in [0.25, 0.3) is 0 Å². The van der Waals surface area contributed by atoms with Gasteiger partial charge in [-0.3, -0.25) is 0 Å². The molecule has 15 heavy (non-hydrogen) atoms. The van der Waals surface area contributed by atoms with E-state index < -0.39 is 0 Å². The zero-order valence-electron chi connectivity index (χ0n) is 8.73. The van der Waals surface area contributed by atoms with Crippen molar-refractivity contribution in [1.29, 1.82) is 0 Å². The first-order valence-corrected chi connectivity index (χ1v) is 4.80. The summed E-state index contributed by atoms with van der Waals surface area (Å²) in [6.45, 7) is 3.96. The first-order valence-electron chi connectivity index (χ1n) is 4.80. The Morgan fingerprint density at radius 3 is 2.87 bits per heavy atom. The van der Waals surface area contributed by atoms with Crippen molar-refractivity contribution >= 4 is 5.82 Å². The molecule has 0 aromatic carbocycles. The maximum atomic E-state index is 4.17. The zero-order chi connectivity index (χ0) is 10.7. The van der Waals surface area contributed by atoms with Gasteiger partial charge in [-0.1, -0.05) is 0 Å². The van der Waals surface area contributed by atoms with Gasteiger partial charge in [0.15, 0.2) is 0 Å². The molecule has 2 aromatic heterocycles. The average molecular weight is 203 g/mol. The molecule has 0 saturated heterocycles. The van der Waals surface area contributed by atoms with Crippen molar-refractivity contribution in [2.75, 3.05) is 5.32 Å². The summed E-state index contributed by atoms with van der Waals surface area (Å²) in [5.41, 5.74) is 0.944. The molecular weight excluding hydrogens is 190 g/mol. The Hall–Kier alpha value is -1.91. The Labute approximate surface area is 88.0 Å². The van der Waals surface area contributed by atoms with E-state index in [-0.39, 0.29) is 6.04 Å². The third-order valence-electron chi connectivity index (χ3n) is 2.10. The smallest absolute Gasteiger partial charge is 0.130 e. The molecule has 2 aromatic rings. The average Bonchev–Trinajstić information content (AvgIpc) is 2.70. The number of aromatic nitrogens is 4. The summed E-state index contributed by atoms with van der Waals surface area (Å²) in [7, 11) is 0. The SMILES string of the molecule is Cc1cc(NC(C)c2ncc[nH]2)ncn1. The van der Waals surface area contributed by atoms with E-state index in [0.717, 1.165) is 17.3 Å². The molecule has 5 heteroatoms. The normalized spacial score (nSPS) is 12.4. The second kappa shape index (κ2) is 4.08. The lowest BCUT2D eigenvalue weighted by molar-refractivity contribution is 0.802. The fourth-order valence-corrected chi connectivity index (χ4v) is 1.34. The molecule has 0 spiro atoms. The zero-order valence-corrected chi connectivity index (χ0v) is 8.73. The Morgan fingerprint density at radius 1 is 1.33 bits per heavy atom. The predicted octanol–water partition coefficient (Wildman–Crippen LogP) is 1.68. The fourth-order valence-electron chi connectivity index (χ4n) is 1.34. The lowest BCUT2D eigenvalue weighted by Crippen LogP contribution is -2.09. The number of nitrogens with one attached hydrogen (secondary N) is 2. The predicted molar refractivity (Wildman–Crippen MR) is 57.4 cm³/mol. The highest BCUT2D eigenvalue weighted by Gasteiger charge is 2.07. The highest BCUT2D eigenvalue weighted by molar-refractivity contribution is 5.36. The number of imidazole rings is 1. The largest absolute Gasteiger partial charge is 0.360 e. The molecule has 0 aliphatic heterocycles. The number of hydrogen-bond donors (Lipinski definition) is 2. The summed E-state index contributed by atoms with van der Waals surface area (Å²) in [6, 6.07) is 2.01. The van der Waals surface area contributed by atoms with Gasteiger partial charge in [0, 0.05) is 24.2 Å². The summed E-state index contributed by atoms with van der Waals surface area (Å²) in [6.07, 6.45) is 5.09. The molecule has 0 aliphatic carbocycles. The van der Waals surface area contributed by atoms with Crippen LogP contribution in [-0.2, 0) is 0 Å². The van der Waals surface area contributed by atoms with Crippen LogP contribution in [0.25, 0.3) is 0 Å². The highest BCUT2D eigenvalue weighted by Crippen LogP contribution is 2.13. The number of anilines is 1. The van der Waals surface area contributed by atoms with Crippen LogP contribution in [0.5, 0.6) is 0 Å². The van der Waals surface area contributed by atoms with Gasteiger partial charge in [0.2, 0.25) is 0 Å². The van der Waals surface area contributed by atoms with Crippen LogP contribution in [0.15, 0.2) is 24.8 Å². The second-order valence-corrected chi connectivity index (χ2v) is 3.39. The van der Waals surface area contributed by atoms with Gasteiger partial charge >= 0.3 is 0 Å². The quantitative estimate of drug-likeness (QED) is 0.796. The van der Waals surface area contributed by atoms with Gasteiger partial charge in [-0.25, -0.2) is 15.0 Å². The van der Waals surface area contributed by atoms with Crippen LogP contribution in [0.1, 0.15) is 24.5 Å². The molecule has 0 saturated carbocycles. The lowest BCUT2D eigenvalue weighted by Gasteiger charge is -2.11. The van der Waals surface area contributed by atoms with E-state index in [1.807, 2.05) is 19.9 Å². The minimum Gasteiger partial charge on any atom is -0.360 e. The summed E-state index contributed by atoms with van der Waals surface area (Å²) >= 11 is 0. The Balaban J connectivity index is 2.09. The van der Waals surface area contributed by atoms with Gasteiger partial charge in [-0.05, 0) is 13.8 Å². The maximum Gasteiger partial charge on any atom is 0.130 e. The van der Waals surface area contributed by atoms with E-state index in [2.05, 4.69) is 25.3 Å². The van der Waals surface area contributed by atoms with Crippen molar-refractivity contribution in [3.05, 3.63) is 36.3 Å². The molecule has 0 bridgehead atoms. The van der Waals surface area contributed by atoms with E-state index in [0.29, 0.717) is 0 Å². The molecule has 2 N–H and O–H groups in total. The molecule has 0 aliphatic rings. The number of hydrogen-bond acceptors (Lipinski definition) is 4. The topological polar surface area (TPSA) is 66.5 Å². The summed E-state index contributed by atoms with van der Waals surface area (Å²) in [5.74, 6) is 1.71. The van der Waals surface area contributed by atoms with Gasteiger partial charge in [0.05, 0.1) is 6.04 Å². The Kier molecular flexibility index (Phi) is 2.62. The number of H-pyrrole nitrogens is 1. The van der Waals surface area contributed by atoms with Crippen LogP contribution in [0, 0.1) is 6.92 Å². The van der Waals surface area contributed by atoms with Crippen LogP contribution in [-0.4, -0.2) is 19.9 Å². The van der Waals surface area contributed by atoms with Crippen molar-refractivity contribution in [3.63, 3.8) is 0 Å². The lowest BCUT2D eigenvalue weighted by atomic mass is 10.3. The van der Waals surface area contributed by atoms with Crippen molar-refractivity contribution in [2.24, 2.45) is 0 Å². The summed E-state index contributed by atoms with van der Waals surface area (Å²) < 4.78 is 0. The summed E-state index contributed by atoms with van der Waals surface area (Å²) in [4.78, 5) is 15.4. The third-order valence-corrected chi connectivity index (χ3v) is 2.10. The number of rotatable bonds is 3. The van der Waals surface area contributed by atoms with E-state index in [1.165, 1.54) is 0 Å². The molecular formula is C10H13N5. The van der Waals surface area contributed by atoms with Crippen LogP contribution in [0.3, 0.4) is 0 Å². The highest BCUT2D eigenvalue weighted by atomic mass is 15.1. The first-order chi connectivity index (χ1) is 7.25. The van der Waals surface area contributed by atoms with Crippen molar-refractivity contribution in [1.82, 2.24) is 19.9 Å². The molecule has 5 nitrogen and oxygen atoms in total. The first kappa shape index (κ1) is 9.64. The van der Waals surface area contributed by atoms with Crippen molar-refractivity contribution in [2.45, 2.75) is 19.9 Å². The van der Waals surface area contributed by atoms with Crippen molar-refractivity contribution < 1.29 is 0 Å². The van der Waals surface area contributed by atoms with Crippen molar-refractivity contribution in [3.8, 4) is 0 Å². The molecule has 0 amide bonds. The molecule has 1 atom stereocenters. The molecule has 2 heterocycles. The van der Waals surface area contributed by atoms with Crippen LogP contribution in [0.4, 0.5) is 5.82 Å². The van der Waals surface area contributed by atoms with Crippen LogP contribution < -0.4 is 5.32 Å². The minimum atomic E-state index is 0.106. The standard InChI is InChI=1S/C10H13N5/c1-7-5-9(14-6-13-7)15-8(2)10-11-3-4-12-10/h3-6,8H,1-2H3,(H,11,12)(H,13,14,15). The summed E-state index contributed by atoms with van der Waals surface area (Å²) in [5, 5.41) is 3.24. The van der Waals surface area contributed by atoms with E-state index in [4.69, 9.17) is 0 Å². The molecule has 2 rings (SSSR count). The van der Waals surface area contributed by atoms with E-state index in [1.54, 1.807) is 18.7 Å². The second-order valence-electron chi connectivity index (χ2n) is 3.39. The number of nitrogens with zero attached hydrogens (tertiary/aromatic N) is 3. The van der Waals surface area contributed by atoms with Gasteiger partial charge < -0.3 is 10.3 Å². The molecule has 0 fully saturated rings. The van der Waals surface area contributed by atoms with Crippen LogP contribution in [0.2, 0.25) is 0 Å². The van der Waals surface area contributed by atoms with Crippen LogP contribution >= 0.6 is 0 Å². The van der Waals surface area contributed by atoms with Gasteiger partial charge in [-0.2, -0.15) is 0 Å². The minimum absolute atomic E-state index is 0.106. The van der Waals surface area contributed by atoms with E-state index >= 15 is 0 Å². The third kappa shape index (κ3) is 2.31. The molecule has 78 valence electrons. The Morgan fingerprint density at radius 2 is 2.20 bits per heavy atom. The van der Waals surface area contributed by atoms with E-state index in [9.17, 15) is 0 Å². The molecule has 0 radical (unpaired) electrons. The van der Waals surface area contributed by atoms with Gasteiger partial charge in [-0.15, -0.1) is 0 Å². The monoisotopic (exact) mass is 203 g/mol. The van der Waals surface area contributed by atoms with Gasteiger partial charge in [0.1, 0.15) is 18.0 Å². The maximum absolute atomic E-state index is 4.17. The number of aryl methyl sites for hydroxylation is 1. The molecule has 1 unspecified atom stereocenters. The fraction of sp³-hybridized carbons (Fsp3) is 0.300. The number of aromatic amines is 1. The Bertz CT molecular complexity index is 423.